The van der Waals surface area contributed by atoms with Gasteiger partial charge < -0.3 is 5.11 Å². The van der Waals surface area contributed by atoms with Crippen LogP contribution in [0.15, 0.2) is 0 Å². The Hall–Kier alpha value is -0.380. The van der Waals surface area contributed by atoms with Gasteiger partial charge in [-0.3, -0.25) is 9.59 Å². The van der Waals surface area contributed by atoms with E-state index in [2.05, 4.69) is 22.9 Å². The highest BCUT2D eigenvalue weighted by atomic mass is 79.9. The molecule has 4 heteroatoms. The molecule has 0 amide bonds. The van der Waals surface area contributed by atoms with Crippen LogP contribution in [0.25, 0.3) is 0 Å². The summed E-state index contributed by atoms with van der Waals surface area (Å²) in [5.74, 6) is -0.185. The minimum atomic E-state index is -0.769. The largest absolute Gasteiger partial charge is 0.481 e. The van der Waals surface area contributed by atoms with Gasteiger partial charge in [-0.25, -0.2) is 0 Å². The van der Waals surface area contributed by atoms with Crippen LogP contribution in [0, 0.1) is 16.7 Å². The first kappa shape index (κ1) is 12.1. The number of hydrogen-bond acceptors (Lipinski definition) is 2. The molecule has 3 nitrogen and oxygen atoms in total. The predicted molar refractivity (Wildman–Crippen MR) is 63.5 cm³/mol. The molecule has 2 aliphatic carbocycles. The molecule has 0 spiro atoms. The molecule has 0 aromatic carbocycles. The number of rotatable bonds is 3. The highest BCUT2D eigenvalue weighted by molar-refractivity contribution is 9.10. The number of fused-ring (bicyclic) bond motifs is 2. The SMILES string of the molecule is C[C@]12CC[C@@H]([C@H](Br)C1=O)[C@@]2(C)CCC(=O)O. The van der Waals surface area contributed by atoms with Crippen LogP contribution in [-0.4, -0.2) is 21.7 Å². The number of halogens is 1. The third-order valence-corrected chi connectivity index (χ3v) is 6.09. The second kappa shape index (κ2) is 3.56. The smallest absolute Gasteiger partial charge is 0.303 e. The van der Waals surface area contributed by atoms with Crippen LogP contribution in [0.5, 0.6) is 0 Å². The van der Waals surface area contributed by atoms with Crippen molar-refractivity contribution in [1.29, 1.82) is 0 Å². The Bertz CT molecular complexity index is 354. The average molecular weight is 289 g/mol. The van der Waals surface area contributed by atoms with E-state index >= 15 is 0 Å². The zero-order valence-corrected chi connectivity index (χ0v) is 11.2. The van der Waals surface area contributed by atoms with Crippen LogP contribution >= 0.6 is 15.9 Å². The quantitative estimate of drug-likeness (QED) is 0.813. The maximum atomic E-state index is 12.2. The predicted octanol–water partition coefficient (Wildman–Crippen LogP) is 2.62. The summed E-state index contributed by atoms with van der Waals surface area (Å²) in [5.41, 5.74) is -0.460. The molecule has 1 N–H and O–H groups in total. The van der Waals surface area contributed by atoms with Crippen LogP contribution < -0.4 is 0 Å². The second-order valence-electron chi connectivity index (χ2n) is 5.55. The van der Waals surface area contributed by atoms with Gasteiger partial charge in [0.25, 0.3) is 0 Å². The van der Waals surface area contributed by atoms with Gasteiger partial charge in [0, 0.05) is 11.8 Å². The van der Waals surface area contributed by atoms with E-state index < -0.39 is 5.97 Å². The third-order valence-electron chi connectivity index (χ3n) is 5.04. The van der Waals surface area contributed by atoms with Crippen molar-refractivity contribution in [1.82, 2.24) is 0 Å². The van der Waals surface area contributed by atoms with Crippen LogP contribution in [0.4, 0.5) is 0 Å². The van der Waals surface area contributed by atoms with Gasteiger partial charge in [-0.05, 0) is 30.6 Å². The molecule has 2 saturated carbocycles. The first-order valence-corrected chi connectivity index (χ1v) is 6.65. The Kier molecular flexibility index (Phi) is 2.69. The summed E-state index contributed by atoms with van der Waals surface area (Å²) in [6, 6.07) is 0. The minimum Gasteiger partial charge on any atom is -0.481 e. The molecule has 0 aromatic heterocycles. The molecule has 2 bridgehead atoms. The molecular formula is C12H17BrO3. The van der Waals surface area contributed by atoms with Crippen LogP contribution in [0.3, 0.4) is 0 Å². The molecule has 0 saturated heterocycles. The lowest BCUT2D eigenvalue weighted by atomic mass is 9.66. The summed E-state index contributed by atoms with van der Waals surface area (Å²) in [5, 5.41) is 8.80. The lowest BCUT2D eigenvalue weighted by Gasteiger charge is -2.36. The van der Waals surface area contributed by atoms with Gasteiger partial charge in [-0.15, -0.1) is 0 Å². The summed E-state index contributed by atoms with van der Waals surface area (Å²) in [6.07, 6.45) is 2.72. The van der Waals surface area contributed by atoms with Gasteiger partial charge >= 0.3 is 5.97 Å². The summed E-state index contributed by atoms with van der Waals surface area (Å²) >= 11 is 3.48. The summed E-state index contributed by atoms with van der Waals surface area (Å²) in [6.45, 7) is 4.10. The average Bonchev–Trinajstić information content (AvgIpc) is 2.54. The van der Waals surface area contributed by atoms with Crippen molar-refractivity contribution in [3.63, 3.8) is 0 Å². The fraction of sp³-hybridized carbons (Fsp3) is 0.833. The van der Waals surface area contributed by atoms with Crippen molar-refractivity contribution >= 4 is 27.7 Å². The minimum absolute atomic E-state index is 0.0648. The molecule has 0 radical (unpaired) electrons. The number of carbonyl (C=O) groups excluding carboxylic acids is 1. The molecular weight excluding hydrogens is 272 g/mol. The van der Waals surface area contributed by atoms with Crippen molar-refractivity contribution in [2.24, 2.45) is 16.7 Å². The van der Waals surface area contributed by atoms with Gasteiger partial charge in [-0.2, -0.15) is 0 Å². The number of hydrogen-bond donors (Lipinski definition) is 1. The van der Waals surface area contributed by atoms with Gasteiger partial charge in [0.2, 0.25) is 0 Å². The van der Waals surface area contributed by atoms with Crippen LogP contribution in [-0.2, 0) is 9.59 Å². The van der Waals surface area contributed by atoms with Gasteiger partial charge in [0.1, 0.15) is 0 Å². The number of Topliss-reactive ketones (excluding diaryl/α,β-unsaturated/α-hetero) is 1. The molecule has 16 heavy (non-hydrogen) atoms. The summed E-state index contributed by atoms with van der Waals surface area (Å²) in [7, 11) is 0. The number of aliphatic carboxylic acids is 1. The molecule has 2 aliphatic rings. The topological polar surface area (TPSA) is 54.4 Å². The van der Waals surface area contributed by atoms with E-state index in [9.17, 15) is 9.59 Å². The number of alkyl halides is 1. The molecule has 0 heterocycles. The normalized spacial score (nSPS) is 46.3. The molecule has 2 rings (SSSR count). The number of carboxylic acids is 1. The molecule has 2 fully saturated rings. The monoisotopic (exact) mass is 288 g/mol. The Labute approximate surface area is 104 Å². The zero-order chi connectivity index (χ0) is 12.1. The summed E-state index contributed by atoms with van der Waals surface area (Å²) in [4.78, 5) is 22.8. The van der Waals surface area contributed by atoms with E-state index in [-0.39, 0.29) is 27.9 Å². The first-order valence-electron chi connectivity index (χ1n) is 5.73. The van der Waals surface area contributed by atoms with Crippen LogP contribution in [0.1, 0.15) is 39.5 Å². The van der Waals surface area contributed by atoms with E-state index in [0.29, 0.717) is 12.3 Å². The van der Waals surface area contributed by atoms with Crippen molar-refractivity contribution in [2.45, 2.75) is 44.4 Å². The zero-order valence-electron chi connectivity index (χ0n) is 9.62. The van der Waals surface area contributed by atoms with Gasteiger partial charge in [0.05, 0.1) is 4.83 Å². The molecule has 0 aliphatic heterocycles. The maximum Gasteiger partial charge on any atom is 0.303 e. The number of carbonyl (C=O) groups is 2. The lowest BCUT2D eigenvalue weighted by molar-refractivity contribution is -0.139. The number of carboxylic acid groups (broad SMARTS) is 1. The molecule has 90 valence electrons. The van der Waals surface area contributed by atoms with E-state index in [1.807, 2.05) is 6.92 Å². The molecule has 0 aromatic rings. The van der Waals surface area contributed by atoms with Crippen molar-refractivity contribution < 1.29 is 14.7 Å². The lowest BCUT2D eigenvalue weighted by Crippen LogP contribution is -2.35. The van der Waals surface area contributed by atoms with Crippen molar-refractivity contribution in [3.8, 4) is 0 Å². The Morgan fingerprint density at radius 1 is 1.56 bits per heavy atom. The van der Waals surface area contributed by atoms with Crippen LogP contribution in [0.2, 0.25) is 0 Å². The molecule has 0 unspecified atom stereocenters. The Balaban J connectivity index is 2.28. The van der Waals surface area contributed by atoms with Crippen molar-refractivity contribution in [2.75, 3.05) is 0 Å². The van der Waals surface area contributed by atoms with Gasteiger partial charge in [0.15, 0.2) is 5.78 Å². The summed E-state index contributed by atoms with van der Waals surface area (Å²) < 4.78 is 0. The Morgan fingerprint density at radius 3 is 2.62 bits per heavy atom. The third kappa shape index (κ3) is 1.31. The fourth-order valence-electron chi connectivity index (χ4n) is 3.65. The first-order chi connectivity index (χ1) is 7.33. The van der Waals surface area contributed by atoms with E-state index in [1.54, 1.807) is 0 Å². The second-order valence-corrected chi connectivity index (χ2v) is 6.54. The van der Waals surface area contributed by atoms with E-state index in [1.165, 1.54) is 0 Å². The highest BCUT2D eigenvalue weighted by Gasteiger charge is 2.67. The fourth-order valence-corrected chi connectivity index (χ4v) is 5.00. The number of ketones is 1. The highest BCUT2D eigenvalue weighted by Crippen LogP contribution is 2.67. The standard InChI is InChI=1S/C12H17BrO3/c1-11(6-4-8(14)15)7-3-5-12(11,2)10(16)9(7)13/h7,9H,3-6H2,1-2H3,(H,14,15)/t7-,9-,11+,12-/m0/s1. The van der Waals surface area contributed by atoms with E-state index in [0.717, 1.165) is 12.8 Å². The Morgan fingerprint density at radius 2 is 2.19 bits per heavy atom. The van der Waals surface area contributed by atoms with Gasteiger partial charge in [-0.1, -0.05) is 29.8 Å². The van der Waals surface area contributed by atoms with E-state index in [4.69, 9.17) is 5.11 Å². The molecule has 4 atom stereocenters. The maximum absolute atomic E-state index is 12.2. The van der Waals surface area contributed by atoms with Crippen molar-refractivity contribution in [3.05, 3.63) is 0 Å².